The van der Waals surface area contributed by atoms with Crippen LogP contribution in [-0.4, -0.2) is 51.3 Å². The van der Waals surface area contributed by atoms with Crippen molar-refractivity contribution in [2.75, 3.05) is 37.1 Å². The van der Waals surface area contributed by atoms with Crippen LogP contribution in [0.3, 0.4) is 0 Å². The van der Waals surface area contributed by atoms with Gasteiger partial charge in [-0.15, -0.1) is 0 Å². The number of carbonyl (C=O) groups excluding carboxylic acids is 2. The summed E-state index contributed by atoms with van der Waals surface area (Å²) in [5, 5.41) is 9.91. The number of nitrogen functional groups attached to an aromatic ring is 1. The first-order chi connectivity index (χ1) is 20.1. The van der Waals surface area contributed by atoms with Crippen molar-refractivity contribution in [3.8, 4) is 5.75 Å². The van der Waals surface area contributed by atoms with E-state index < -0.39 is 34.9 Å². The van der Waals surface area contributed by atoms with Crippen LogP contribution >= 0.6 is 0 Å². The Kier molecular flexibility index (Phi) is 9.55. The van der Waals surface area contributed by atoms with E-state index in [2.05, 4.69) is 20.9 Å². The van der Waals surface area contributed by atoms with Crippen molar-refractivity contribution in [3.05, 3.63) is 83.8 Å². The van der Waals surface area contributed by atoms with Gasteiger partial charge >= 0.3 is 6.03 Å². The Balaban J connectivity index is 1.66. The molecule has 0 bridgehead atoms. The largest absolute Gasteiger partial charge is 0.768 e. The van der Waals surface area contributed by atoms with Crippen molar-refractivity contribution in [2.45, 2.75) is 24.4 Å². The maximum Gasteiger partial charge on any atom is 0.321 e. The standard InChI is InChI=1S/C29H31FN6O5S/c1-4-41-21-7-9-24(30)23(15-21)26(34-19-5-8-22-17(13-19)11-12-32-27(22)31)28(37)33-16-18-14-20(35-29(38)36(2)3)6-10-25(18)42(39)40/h5-15,26,34H,4,16H2,1-3H3,(H2,31,32)(H,33,37)(H,35,38)(H,39,40)/p-1. The number of nitrogens with zero attached hydrogens (tertiary/aromatic N) is 2. The number of aromatic nitrogens is 1. The molecular weight excluding hydrogens is 563 g/mol. The van der Waals surface area contributed by atoms with E-state index in [-0.39, 0.29) is 22.6 Å². The number of halogens is 1. The molecule has 0 fully saturated rings. The zero-order valence-electron chi connectivity index (χ0n) is 23.1. The molecule has 2 unspecified atom stereocenters. The monoisotopic (exact) mass is 593 g/mol. The summed E-state index contributed by atoms with van der Waals surface area (Å²) in [4.78, 5) is 31.1. The summed E-state index contributed by atoms with van der Waals surface area (Å²) in [5.41, 5.74) is 7.05. The second kappa shape index (κ2) is 13.3. The van der Waals surface area contributed by atoms with Crippen LogP contribution in [-0.2, 0) is 22.4 Å². The Hall–Kier alpha value is -4.75. The van der Waals surface area contributed by atoms with Crippen LogP contribution in [0.1, 0.15) is 24.1 Å². The summed E-state index contributed by atoms with van der Waals surface area (Å²) in [6, 6.07) is 13.6. The molecule has 5 N–H and O–H groups in total. The fraction of sp³-hybridized carbons (Fsp3) is 0.207. The van der Waals surface area contributed by atoms with Crippen LogP contribution in [0.4, 0.5) is 26.4 Å². The first-order valence-electron chi connectivity index (χ1n) is 12.9. The molecule has 1 aromatic heterocycles. The minimum Gasteiger partial charge on any atom is -0.768 e. The molecule has 0 saturated heterocycles. The number of anilines is 3. The number of rotatable bonds is 10. The smallest absolute Gasteiger partial charge is 0.321 e. The van der Waals surface area contributed by atoms with Crippen LogP contribution in [0.15, 0.2) is 71.8 Å². The lowest BCUT2D eigenvalue weighted by molar-refractivity contribution is -0.122. The summed E-state index contributed by atoms with van der Waals surface area (Å²) in [5.74, 6) is -0.559. The quantitative estimate of drug-likeness (QED) is 0.199. The predicted octanol–water partition coefficient (Wildman–Crippen LogP) is 4.16. The Morgan fingerprint density at radius 2 is 1.86 bits per heavy atom. The lowest BCUT2D eigenvalue weighted by Gasteiger charge is -2.22. The first kappa shape index (κ1) is 30.2. The summed E-state index contributed by atoms with van der Waals surface area (Å²) in [6.07, 6.45) is 1.56. The summed E-state index contributed by atoms with van der Waals surface area (Å²) in [7, 11) is 3.12. The number of amides is 3. The van der Waals surface area contributed by atoms with Crippen molar-refractivity contribution < 1.29 is 27.5 Å². The Morgan fingerprint density at radius 3 is 2.57 bits per heavy atom. The number of hydrogen-bond donors (Lipinski definition) is 4. The average molecular weight is 594 g/mol. The minimum atomic E-state index is -2.62. The lowest BCUT2D eigenvalue weighted by Crippen LogP contribution is -2.34. The number of nitrogens with one attached hydrogen (secondary N) is 3. The van der Waals surface area contributed by atoms with Gasteiger partial charge in [-0.3, -0.25) is 9.00 Å². The molecule has 0 aliphatic rings. The molecule has 3 amide bonds. The molecule has 220 valence electrons. The maximum atomic E-state index is 15.2. The highest BCUT2D eigenvalue weighted by Gasteiger charge is 2.25. The maximum absolute atomic E-state index is 15.2. The SMILES string of the molecule is CCOc1ccc(F)c(C(Nc2ccc3c(N)nccc3c2)C(=O)NCc2cc(NC(=O)N(C)C)ccc2S(=O)[O-])c1. The third-order valence-electron chi connectivity index (χ3n) is 6.31. The molecule has 0 radical (unpaired) electrons. The van der Waals surface area contributed by atoms with E-state index in [4.69, 9.17) is 10.5 Å². The summed E-state index contributed by atoms with van der Waals surface area (Å²) in [6.45, 7) is 1.90. The molecule has 0 spiro atoms. The van der Waals surface area contributed by atoms with Gasteiger partial charge in [-0.2, -0.15) is 0 Å². The van der Waals surface area contributed by atoms with Gasteiger partial charge in [0, 0.05) is 54.1 Å². The molecule has 1 heterocycles. The molecule has 42 heavy (non-hydrogen) atoms. The summed E-state index contributed by atoms with van der Waals surface area (Å²) < 4.78 is 44.5. The Labute approximate surface area is 244 Å². The van der Waals surface area contributed by atoms with Crippen LogP contribution in [0.5, 0.6) is 5.75 Å². The fourth-order valence-electron chi connectivity index (χ4n) is 4.22. The van der Waals surface area contributed by atoms with Crippen LogP contribution < -0.4 is 26.4 Å². The van der Waals surface area contributed by atoms with Gasteiger partial charge in [-0.05, 0) is 89.6 Å². The van der Waals surface area contributed by atoms with E-state index in [0.717, 1.165) is 5.39 Å². The van der Waals surface area contributed by atoms with Crippen molar-refractivity contribution in [1.82, 2.24) is 15.2 Å². The Morgan fingerprint density at radius 1 is 1.10 bits per heavy atom. The fourth-order valence-corrected chi connectivity index (χ4v) is 4.74. The van der Waals surface area contributed by atoms with Crippen molar-refractivity contribution >= 4 is 51.0 Å². The molecule has 4 rings (SSSR count). The number of nitrogens with two attached hydrogens (primary N) is 1. The topological polar surface area (TPSA) is 162 Å². The van der Waals surface area contributed by atoms with Gasteiger partial charge in [0.15, 0.2) is 0 Å². The molecule has 13 heteroatoms. The van der Waals surface area contributed by atoms with E-state index in [1.807, 2.05) is 0 Å². The molecule has 0 aliphatic carbocycles. The van der Waals surface area contributed by atoms with Gasteiger partial charge in [0.05, 0.1) is 6.61 Å². The van der Waals surface area contributed by atoms with Crippen LogP contribution in [0, 0.1) is 5.82 Å². The van der Waals surface area contributed by atoms with Crippen LogP contribution in [0.2, 0.25) is 0 Å². The zero-order valence-corrected chi connectivity index (χ0v) is 24.0. The van der Waals surface area contributed by atoms with Gasteiger partial charge in [0.1, 0.15) is 23.4 Å². The van der Waals surface area contributed by atoms with E-state index in [0.29, 0.717) is 34.9 Å². The van der Waals surface area contributed by atoms with Gasteiger partial charge in [-0.1, -0.05) is 0 Å². The second-order valence-corrected chi connectivity index (χ2v) is 10.3. The number of carbonyl (C=O) groups is 2. The number of fused-ring (bicyclic) bond motifs is 1. The third kappa shape index (κ3) is 7.11. The highest BCUT2D eigenvalue weighted by atomic mass is 32.2. The van der Waals surface area contributed by atoms with Gasteiger partial charge in [0.2, 0.25) is 5.91 Å². The van der Waals surface area contributed by atoms with Gasteiger partial charge in [0.25, 0.3) is 0 Å². The molecule has 3 aromatic carbocycles. The van der Waals surface area contributed by atoms with E-state index in [1.54, 1.807) is 51.5 Å². The van der Waals surface area contributed by atoms with E-state index in [9.17, 15) is 18.4 Å². The zero-order chi connectivity index (χ0) is 30.4. The first-order valence-corrected chi connectivity index (χ1v) is 14.0. The van der Waals surface area contributed by atoms with Crippen molar-refractivity contribution in [2.24, 2.45) is 0 Å². The molecular formula is C29H30FN6O5S-. The van der Waals surface area contributed by atoms with Gasteiger partial charge in [-0.25, -0.2) is 14.2 Å². The van der Waals surface area contributed by atoms with Crippen LogP contribution in [0.25, 0.3) is 10.8 Å². The molecule has 2 atom stereocenters. The highest BCUT2D eigenvalue weighted by Crippen LogP contribution is 2.29. The highest BCUT2D eigenvalue weighted by molar-refractivity contribution is 7.79. The predicted molar refractivity (Wildman–Crippen MR) is 158 cm³/mol. The number of benzene rings is 3. The Bertz CT molecular complexity index is 1650. The number of pyridine rings is 1. The lowest BCUT2D eigenvalue weighted by atomic mass is 10.0. The number of urea groups is 1. The number of ether oxygens (including phenoxy) is 1. The normalized spacial score (nSPS) is 12.3. The number of hydrogen-bond acceptors (Lipinski definition) is 8. The molecule has 0 saturated carbocycles. The average Bonchev–Trinajstić information content (AvgIpc) is 2.96. The minimum absolute atomic E-state index is 0.0208. The van der Waals surface area contributed by atoms with Crippen molar-refractivity contribution in [1.29, 1.82) is 0 Å². The molecule has 0 aliphatic heterocycles. The second-order valence-electron chi connectivity index (χ2n) is 9.43. The molecule has 11 nitrogen and oxygen atoms in total. The summed E-state index contributed by atoms with van der Waals surface area (Å²) >= 11 is -2.62. The molecule has 4 aromatic rings. The van der Waals surface area contributed by atoms with Gasteiger partial charge < -0.3 is 35.9 Å². The van der Waals surface area contributed by atoms with E-state index in [1.165, 1.54) is 41.3 Å². The van der Waals surface area contributed by atoms with Crippen molar-refractivity contribution in [3.63, 3.8) is 0 Å². The van der Waals surface area contributed by atoms with E-state index >= 15 is 4.39 Å². The third-order valence-corrected chi connectivity index (χ3v) is 7.07.